The molecule has 2 aliphatic heterocycles. The van der Waals surface area contributed by atoms with Crippen molar-refractivity contribution in [2.45, 2.75) is 38.5 Å². The number of amides is 2. The summed E-state index contributed by atoms with van der Waals surface area (Å²) >= 11 is 0. The average Bonchev–Trinajstić information content (AvgIpc) is 3.41. The summed E-state index contributed by atoms with van der Waals surface area (Å²) in [5.74, 6) is 0.625. The number of carbonyl (C=O) groups is 2. The molecule has 0 atom stereocenters. The highest BCUT2D eigenvalue weighted by Gasteiger charge is 2.54. The summed E-state index contributed by atoms with van der Waals surface area (Å²) in [4.78, 5) is 35.4. The van der Waals surface area contributed by atoms with Gasteiger partial charge in [-0.2, -0.15) is 4.98 Å². The number of aromatic nitrogens is 1. The van der Waals surface area contributed by atoms with Crippen molar-refractivity contribution in [3.8, 4) is 11.8 Å². The third-order valence-corrected chi connectivity index (χ3v) is 9.73. The lowest BCUT2D eigenvalue weighted by molar-refractivity contribution is -0.0554. The van der Waals surface area contributed by atoms with Crippen molar-refractivity contribution in [2.75, 3.05) is 18.0 Å². The molecule has 7 nitrogen and oxygen atoms in total. The Kier molecular flexibility index (Phi) is 7.63. The molecule has 1 spiro atoms. The minimum absolute atomic E-state index is 0.0306. The molecule has 1 aliphatic carbocycles. The van der Waals surface area contributed by atoms with Gasteiger partial charge in [0.05, 0.1) is 6.54 Å². The zero-order chi connectivity index (χ0) is 32.7. The van der Waals surface area contributed by atoms with Crippen LogP contribution in [-0.4, -0.2) is 34.8 Å². The van der Waals surface area contributed by atoms with E-state index >= 15 is 0 Å². The number of carbonyl (C=O) groups excluding carboxylic acids is 2. The van der Waals surface area contributed by atoms with Crippen LogP contribution >= 0.6 is 0 Å². The van der Waals surface area contributed by atoms with Crippen molar-refractivity contribution < 1.29 is 23.5 Å². The molecule has 1 saturated heterocycles. The van der Waals surface area contributed by atoms with E-state index in [4.69, 9.17) is 9.47 Å². The standard InChI is InChI=1S/C40H34FN3O4/c41-33-13-7-12-29(19-33)32-20-40(21-32)25-43(26-40)38(45)30-14-15-34-31(18-30)22-44(39(34)46)35-16-17-36(47-23-27-8-3-1-4-9-27)42-37(35)48-24-28-10-5-2-6-11-28/h1-19,32H,20-26H2. The molecular formula is C40H34FN3O4. The number of pyridine rings is 1. The van der Waals surface area contributed by atoms with Crippen molar-refractivity contribution in [1.82, 2.24) is 9.88 Å². The van der Waals surface area contributed by atoms with E-state index in [1.807, 2.05) is 77.7 Å². The Morgan fingerprint density at radius 2 is 1.52 bits per heavy atom. The van der Waals surface area contributed by atoms with Gasteiger partial charge in [0.15, 0.2) is 0 Å². The van der Waals surface area contributed by atoms with Gasteiger partial charge in [-0.05, 0) is 77.4 Å². The molecule has 3 aliphatic rings. The maximum Gasteiger partial charge on any atom is 0.259 e. The fraction of sp³-hybridized carbons (Fsp3) is 0.225. The number of ether oxygens (including phenoxy) is 2. The number of halogens is 1. The Morgan fingerprint density at radius 1 is 0.812 bits per heavy atom. The van der Waals surface area contributed by atoms with Gasteiger partial charge in [0.2, 0.25) is 11.8 Å². The van der Waals surface area contributed by atoms with E-state index in [1.54, 1.807) is 41.3 Å². The molecule has 8 rings (SSSR count). The van der Waals surface area contributed by atoms with E-state index in [2.05, 4.69) is 4.98 Å². The second-order valence-corrected chi connectivity index (χ2v) is 13.1. The van der Waals surface area contributed by atoms with Gasteiger partial charge in [-0.3, -0.25) is 14.5 Å². The number of anilines is 1. The molecule has 0 bridgehead atoms. The largest absolute Gasteiger partial charge is 0.473 e. The first-order valence-corrected chi connectivity index (χ1v) is 16.3. The first-order chi connectivity index (χ1) is 23.4. The van der Waals surface area contributed by atoms with E-state index in [0.29, 0.717) is 60.7 Å². The Hall–Kier alpha value is -5.50. The molecule has 1 aromatic heterocycles. The molecular weight excluding hydrogens is 605 g/mol. The number of rotatable bonds is 9. The number of fused-ring (bicyclic) bond motifs is 1. The number of hydrogen-bond donors (Lipinski definition) is 0. The second-order valence-electron chi connectivity index (χ2n) is 13.1. The zero-order valence-corrected chi connectivity index (χ0v) is 26.3. The first kappa shape index (κ1) is 29.9. The number of likely N-dealkylation sites (tertiary alicyclic amines) is 1. The fourth-order valence-corrected chi connectivity index (χ4v) is 7.24. The van der Waals surface area contributed by atoms with Crippen LogP contribution in [0.1, 0.15) is 61.7 Å². The van der Waals surface area contributed by atoms with Crippen molar-refractivity contribution in [3.05, 3.63) is 154 Å². The Labute approximate surface area is 278 Å². The number of hydrogen-bond acceptors (Lipinski definition) is 5. The van der Waals surface area contributed by atoms with Crippen molar-refractivity contribution in [3.63, 3.8) is 0 Å². The summed E-state index contributed by atoms with van der Waals surface area (Å²) in [7, 11) is 0. The molecule has 48 heavy (non-hydrogen) atoms. The topological polar surface area (TPSA) is 72.0 Å². The Bertz CT molecular complexity index is 1990. The van der Waals surface area contributed by atoms with E-state index in [9.17, 15) is 14.0 Å². The number of benzene rings is 4. The van der Waals surface area contributed by atoms with Gasteiger partial charge in [-0.1, -0.05) is 72.8 Å². The van der Waals surface area contributed by atoms with Crippen LogP contribution < -0.4 is 14.4 Å². The summed E-state index contributed by atoms with van der Waals surface area (Å²) < 4.78 is 25.9. The lowest BCUT2D eigenvalue weighted by Gasteiger charge is -2.59. The molecule has 3 heterocycles. The molecule has 0 radical (unpaired) electrons. The summed E-state index contributed by atoms with van der Waals surface area (Å²) in [5, 5.41) is 0. The second kappa shape index (κ2) is 12.3. The summed E-state index contributed by atoms with van der Waals surface area (Å²) in [5.41, 5.74) is 5.60. The van der Waals surface area contributed by atoms with E-state index < -0.39 is 0 Å². The normalized spacial score (nSPS) is 16.3. The van der Waals surface area contributed by atoms with Crippen LogP contribution in [0.15, 0.2) is 115 Å². The highest BCUT2D eigenvalue weighted by atomic mass is 19.1. The SMILES string of the molecule is O=C(c1ccc2c(c1)CN(c1ccc(OCc3ccccc3)nc1OCc1ccccc1)C2=O)N1CC2(CC(c3cccc(F)c3)C2)C1. The van der Waals surface area contributed by atoms with Crippen molar-refractivity contribution in [1.29, 1.82) is 0 Å². The molecule has 5 aromatic rings. The van der Waals surface area contributed by atoms with Gasteiger partial charge in [0.25, 0.3) is 11.8 Å². The molecule has 0 unspecified atom stereocenters. The van der Waals surface area contributed by atoms with Crippen LogP contribution in [0, 0.1) is 11.2 Å². The number of nitrogens with zero attached hydrogens (tertiary/aromatic N) is 3. The van der Waals surface area contributed by atoms with Crippen molar-refractivity contribution in [2.24, 2.45) is 5.41 Å². The molecule has 2 fully saturated rings. The van der Waals surface area contributed by atoms with Crippen LogP contribution in [0.3, 0.4) is 0 Å². The van der Waals surface area contributed by atoms with Crippen LogP contribution in [0.2, 0.25) is 0 Å². The highest BCUT2D eigenvalue weighted by Crippen LogP contribution is 2.56. The summed E-state index contributed by atoms with van der Waals surface area (Å²) in [6.45, 7) is 2.32. The molecule has 2 amide bonds. The van der Waals surface area contributed by atoms with Gasteiger partial charge in [-0.25, -0.2) is 4.39 Å². The van der Waals surface area contributed by atoms with E-state index in [1.165, 1.54) is 6.07 Å². The van der Waals surface area contributed by atoms with Crippen molar-refractivity contribution >= 4 is 17.5 Å². The molecule has 4 aromatic carbocycles. The molecule has 0 N–H and O–H groups in total. The lowest BCUT2D eigenvalue weighted by atomic mass is 9.56. The summed E-state index contributed by atoms with van der Waals surface area (Å²) in [6.07, 6.45) is 1.93. The zero-order valence-electron chi connectivity index (χ0n) is 26.3. The van der Waals surface area contributed by atoms with Gasteiger partial charge in [-0.15, -0.1) is 0 Å². The van der Waals surface area contributed by atoms with Crippen LogP contribution in [-0.2, 0) is 19.8 Å². The predicted molar refractivity (Wildman–Crippen MR) is 179 cm³/mol. The fourth-order valence-electron chi connectivity index (χ4n) is 7.24. The summed E-state index contributed by atoms with van der Waals surface area (Å²) in [6, 6.07) is 35.3. The minimum Gasteiger partial charge on any atom is -0.473 e. The Balaban J connectivity index is 0.962. The monoisotopic (exact) mass is 639 g/mol. The molecule has 8 heteroatoms. The maximum atomic E-state index is 13.7. The van der Waals surface area contributed by atoms with E-state index in [0.717, 1.165) is 35.1 Å². The highest BCUT2D eigenvalue weighted by molar-refractivity contribution is 6.11. The third-order valence-electron chi connectivity index (χ3n) is 9.73. The minimum atomic E-state index is -0.204. The molecule has 1 saturated carbocycles. The smallest absolute Gasteiger partial charge is 0.259 e. The van der Waals surface area contributed by atoms with E-state index in [-0.39, 0.29) is 29.7 Å². The van der Waals surface area contributed by atoms with Gasteiger partial charge in [0, 0.05) is 35.7 Å². The average molecular weight is 640 g/mol. The quantitative estimate of drug-likeness (QED) is 0.167. The van der Waals surface area contributed by atoms with Crippen LogP contribution in [0.4, 0.5) is 10.1 Å². The van der Waals surface area contributed by atoms with Gasteiger partial charge < -0.3 is 14.4 Å². The van der Waals surface area contributed by atoms with Gasteiger partial charge >= 0.3 is 0 Å². The van der Waals surface area contributed by atoms with Gasteiger partial charge in [0.1, 0.15) is 24.7 Å². The predicted octanol–water partition coefficient (Wildman–Crippen LogP) is 7.56. The maximum absolute atomic E-state index is 13.7. The molecule has 240 valence electrons. The lowest BCUT2D eigenvalue weighted by Crippen LogP contribution is -2.63. The van der Waals surface area contributed by atoms with Crippen LogP contribution in [0.5, 0.6) is 11.8 Å². The Morgan fingerprint density at radius 3 is 2.23 bits per heavy atom. The third kappa shape index (κ3) is 5.79. The van der Waals surface area contributed by atoms with Crippen LogP contribution in [0.25, 0.3) is 0 Å². The first-order valence-electron chi connectivity index (χ1n) is 16.3.